The first-order valence-corrected chi connectivity index (χ1v) is 10.2. The molecule has 0 aliphatic carbocycles. The van der Waals surface area contributed by atoms with E-state index in [9.17, 15) is 4.79 Å². The zero-order valence-electron chi connectivity index (χ0n) is 17.2. The summed E-state index contributed by atoms with van der Waals surface area (Å²) in [7, 11) is 0. The predicted octanol–water partition coefficient (Wildman–Crippen LogP) is 5.67. The quantitative estimate of drug-likeness (QED) is 0.455. The summed E-state index contributed by atoms with van der Waals surface area (Å²) in [6, 6.07) is 16.0. The summed E-state index contributed by atoms with van der Waals surface area (Å²) in [6.45, 7) is 7.90. The van der Waals surface area contributed by atoms with E-state index >= 15 is 0 Å². The second kappa shape index (κ2) is 9.93. The molecule has 0 bridgehead atoms. The van der Waals surface area contributed by atoms with Gasteiger partial charge >= 0.3 is 6.03 Å². The summed E-state index contributed by atoms with van der Waals surface area (Å²) in [5.74, 6) is 1.43. The number of aromatic nitrogens is 2. The van der Waals surface area contributed by atoms with Crippen molar-refractivity contribution in [2.24, 2.45) is 0 Å². The van der Waals surface area contributed by atoms with Crippen molar-refractivity contribution in [3.8, 4) is 0 Å². The highest BCUT2D eigenvalue weighted by Gasteiger charge is 2.09. The number of carbonyl (C=O) groups excluding carboxylic acids is 1. The average Bonchev–Trinajstić information content (AvgIpc) is 2.72. The first kappa shape index (κ1) is 21.4. The highest BCUT2D eigenvalue weighted by molar-refractivity contribution is 6.33. The van der Waals surface area contributed by atoms with Gasteiger partial charge in [-0.15, -0.1) is 0 Å². The van der Waals surface area contributed by atoms with E-state index in [0.29, 0.717) is 22.3 Å². The van der Waals surface area contributed by atoms with Crippen LogP contribution in [0.5, 0.6) is 0 Å². The van der Waals surface area contributed by atoms with Crippen molar-refractivity contribution in [2.75, 3.05) is 33.9 Å². The number of anilines is 5. The van der Waals surface area contributed by atoms with E-state index in [2.05, 4.69) is 44.7 Å². The average molecular weight is 425 g/mol. The Labute approximate surface area is 181 Å². The lowest BCUT2D eigenvalue weighted by molar-refractivity contribution is 0.262. The Bertz CT molecular complexity index is 1000. The summed E-state index contributed by atoms with van der Waals surface area (Å²) in [5.41, 5.74) is 2.92. The van der Waals surface area contributed by atoms with E-state index in [1.165, 1.54) is 0 Å². The lowest BCUT2D eigenvalue weighted by atomic mass is 10.3. The molecule has 2 amide bonds. The molecule has 0 saturated carbocycles. The van der Waals surface area contributed by atoms with Crippen LogP contribution < -0.4 is 20.9 Å². The van der Waals surface area contributed by atoms with E-state index in [4.69, 9.17) is 11.6 Å². The Hall–Kier alpha value is -3.32. The zero-order chi connectivity index (χ0) is 21.5. The standard InChI is InChI=1S/C22H25ClN6O/c1-4-29(5-2)20-14-15(3)24-21(28-20)25-16-10-12-17(13-11-16)26-22(30)27-19-9-7-6-8-18(19)23/h6-14H,4-5H2,1-3H3,(H,24,25,28)(H2,26,27,30). The third-order valence-corrected chi connectivity index (χ3v) is 4.78. The molecule has 3 rings (SSSR count). The summed E-state index contributed by atoms with van der Waals surface area (Å²) < 4.78 is 0. The van der Waals surface area contributed by atoms with Crippen LogP contribution in [-0.2, 0) is 0 Å². The maximum Gasteiger partial charge on any atom is 0.323 e. The second-order valence-electron chi connectivity index (χ2n) is 6.62. The van der Waals surface area contributed by atoms with Gasteiger partial charge in [-0.3, -0.25) is 0 Å². The van der Waals surface area contributed by atoms with Crippen molar-refractivity contribution in [3.63, 3.8) is 0 Å². The third-order valence-electron chi connectivity index (χ3n) is 4.45. The van der Waals surface area contributed by atoms with E-state index in [0.717, 1.165) is 30.3 Å². The molecule has 0 radical (unpaired) electrons. The number of rotatable bonds is 7. The molecule has 0 aliphatic heterocycles. The third kappa shape index (κ3) is 5.61. The Morgan fingerprint density at radius 2 is 1.63 bits per heavy atom. The van der Waals surface area contributed by atoms with Gasteiger partial charge in [0.25, 0.3) is 0 Å². The number of nitrogens with one attached hydrogen (secondary N) is 3. The second-order valence-corrected chi connectivity index (χ2v) is 7.03. The van der Waals surface area contributed by atoms with Gasteiger partial charge in [-0.25, -0.2) is 9.78 Å². The number of benzene rings is 2. The zero-order valence-corrected chi connectivity index (χ0v) is 18.0. The van der Waals surface area contributed by atoms with Crippen LogP contribution in [0, 0.1) is 6.92 Å². The molecule has 8 heteroatoms. The lowest BCUT2D eigenvalue weighted by Crippen LogP contribution is -2.23. The van der Waals surface area contributed by atoms with Crippen LogP contribution in [-0.4, -0.2) is 29.1 Å². The van der Waals surface area contributed by atoms with Gasteiger partial charge in [0.1, 0.15) is 5.82 Å². The van der Waals surface area contributed by atoms with Crippen molar-refractivity contribution in [3.05, 3.63) is 65.3 Å². The predicted molar refractivity (Wildman–Crippen MR) is 124 cm³/mol. The monoisotopic (exact) mass is 424 g/mol. The van der Waals surface area contributed by atoms with Gasteiger partial charge in [-0.05, 0) is 57.2 Å². The largest absolute Gasteiger partial charge is 0.357 e. The number of halogens is 1. The van der Waals surface area contributed by atoms with Crippen molar-refractivity contribution in [2.45, 2.75) is 20.8 Å². The highest BCUT2D eigenvalue weighted by Crippen LogP contribution is 2.22. The van der Waals surface area contributed by atoms with Crippen LogP contribution in [0.3, 0.4) is 0 Å². The van der Waals surface area contributed by atoms with Gasteiger partial charge in [0.2, 0.25) is 5.95 Å². The van der Waals surface area contributed by atoms with Crippen LogP contribution >= 0.6 is 11.6 Å². The maximum atomic E-state index is 12.2. The van der Waals surface area contributed by atoms with Crippen molar-refractivity contribution >= 4 is 46.5 Å². The van der Waals surface area contributed by atoms with Gasteiger partial charge in [0.15, 0.2) is 0 Å². The van der Waals surface area contributed by atoms with E-state index in [-0.39, 0.29) is 6.03 Å². The molecule has 30 heavy (non-hydrogen) atoms. The molecule has 7 nitrogen and oxygen atoms in total. The van der Waals surface area contributed by atoms with Gasteiger partial charge in [0.05, 0.1) is 10.7 Å². The summed E-state index contributed by atoms with van der Waals surface area (Å²) in [4.78, 5) is 23.4. The van der Waals surface area contributed by atoms with Crippen LogP contribution in [0.1, 0.15) is 19.5 Å². The van der Waals surface area contributed by atoms with Gasteiger partial charge in [-0.2, -0.15) is 4.98 Å². The molecule has 0 unspecified atom stereocenters. The minimum atomic E-state index is -0.366. The van der Waals surface area contributed by atoms with Crippen LogP contribution in [0.15, 0.2) is 54.6 Å². The number of urea groups is 1. The Balaban J connectivity index is 1.65. The molecule has 2 aromatic carbocycles. The van der Waals surface area contributed by atoms with Crippen LogP contribution in [0.4, 0.5) is 33.6 Å². The Morgan fingerprint density at radius 3 is 2.30 bits per heavy atom. The number of amides is 2. The Kier molecular flexibility index (Phi) is 7.08. The number of hydrogen-bond acceptors (Lipinski definition) is 5. The maximum absolute atomic E-state index is 12.2. The normalized spacial score (nSPS) is 10.4. The number of nitrogens with zero attached hydrogens (tertiary/aromatic N) is 3. The topological polar surface area (TPSA) is 82.2 Å². The van der Waals surface area contributed by atoms with Crippen LogP contribution in [0.25, 0.3) is 0 Å². The van der Waals surface area contributed by atoms with Gasteiger partial charge in [-0.1, -0.05) is 23.7 Å². The van der Waals surface area contributed by atoms with Gasteiger partial charge < -0.3 is 20.9 Å². The van der Waals surface area contributed by atoms with Crippen molar-refractivity contribution < 1.29 is 4.79 Å². The fourth-order valence-corrected chi connectivity index (χ4v) is 3.11. The molecule has 0 spiro atoms. The highest BCUT2D eigenvalue weighted by atomic mass is 35.5. The summed E-state index contributed by atoms with van der Waals surface area (Å²) in [5, 5.41) is 9.21. The number of aryl methyl sites for hydroxylation is 1. The minimum Gasteiger partial charge on any atom is -0.357 e. The molecular formula is C22H25ClN6O. The molecule has 0 aliphatic rings. The number of para-hydroxylation sites is 1. The molecule has 1 heterocycles. The fourth-order valence-electron chi connectivity index (χ4n) is 2.93. The molecule has 3 N–H and O–H groups in total. The van der Waals surface area contributed by atoms with Gasteiger partial charge in [0, 0.05) is 36.2 Å². The van der Waals surface area contributed by atoms with E-state index in [1.807, 2.05) is 25.1 Å². The number of carbonyl (C=O) groups is 1. The van der Waals surface area contributed by atoms with Crippen LogP contribution in [0.2, 0.25) is 5.02 Å². The van der Waals surface area contributed by atoms with E-state index < -0.39 is 0 Å². The summed E-state index contributed by atoms with van der Waals surface area (Å²) >= 11 is 6.06. The molecule has 0 fully saturated rings. The smallest absolute Gasteiger partial charge is 0.323 e. The van der Waals surface area contributed by atoms with Crippen molar-refractivity contribution in [1.82, 2.24) is 9.97 Å². The molecule has 0 saturated heterocycles. The first-order valence-electron chi connectivity index (χ1n) is 9.78. The van der Waals surface area contributed by atoms with Crippen molar-refractivity contribution in [1.29, 1.82) is 0 Å². The molecule has 1 aromatic heterocycles. The fraction of sp³-hybridized carbons (Fsp3) is 0.227. The molecule has 156 valence electrons. The molecule has 3 aromatic rings. The summed E-state index contributed by atoms with van der Waals surface area (Å²) in [6.07, 6.45) is 0. The lowest BCUT2D eigenvalue weighted by Gasteiger charge is -2.20. The molecular weight excluding hydrogens is 400 g/mol. The Morgan fingerprint density at radius 1 is 0.967 bits per heavy atom. The SMILES string of the molecule is CCN(CC)c1cc(C)nc(Nc2ccc(NC(=O)Nc3ccccc3Cl)cc2)n1. The molecule has 0 atom stereocenters. The van der Waals surface area contributed by atoms with E-state index in [1.54, 1.807) is 36.4 Å². The number of hydrogen-bond donors (Lipinski definition) is 3. The minimum absolute atomic E-state index is 0.366. The first-order chi connectivity index (χ1) is 14.5.